The Labute approximate surface area is 148 Å². The van der Waals surface area contributed by atoms with Gasteiger partial charge < -0.3 is 19.7 Å². The van der Waals surface area contributed by atoms with Crippen LogP contribution in [0, 0.1) is 0 Å². The van der Waals surface area contributed by atoms with E-state index in [-0.39, 0.29) is 12.2 Å². The van der Waals surface area contributed by atoms with Crippen LogP contribution in [-0.4, -0.2) is 31.2 Å². The number of alkyl halides is 3. The molecular weight excluding hydrogens is 349 g/mol. The first-order valence-electron chi connectivity index (χ1n) is 7.91. The molecule has 0 radical (unpaired) electrons. The van der Waals surface area contributed by atoms with Crippen LogP contribution in [0.3, 0.4) is 0 Å². The first kappa shape index (κ1) is 17.9. The molecule has 0 unspecified atom stereocenters. The smallest absolute Gasteiger partial charge is 0.416 e. The Morgan fingerprint density at radius 1 is 1.12 bits per heavy atom. The maximum absolute atomic E-state index is 12.7. The minimum atomic E-state index is -4.46. The van der Waals surface area contributed by atoms with Gasteiger partial charge in [0, 0.05) is 19.3 Å². The van der Waals surface area contributed by atoms with Gasteiger partial charge in [-0.1, -0.05) is 12.1 Å². The second-order valence-corrected chi connectivity index (χ2v) is 5.84. The molecule has 1 aliphatic rings. The number of fused-ring (bicyclic) bond motifs is 1. The second kappa shape index (κ2) is 7.15. The van der Waals surface area contributed by atoms with Crippen LogP contribution in [0.15, 0.2) is 42.5 Å². The number of halogens is 3. The van der Waals surface area contributed by atoms with Crippen LogP contribution in [0.1, 0.15) is 11.1 Å². The van der Waals surface area contributed by atoms with Gasteiger partial charge in [-0.15, -0.1) is 0 Å². The Hall–Kier alpha value is -2.90. The summed E-state index contributed by atoms with van der Waals surface area (Å²) in [5, 5.41) is 2.47. The maximum Gasteiger partial charge on any atom is 0.416 e. The van der Waals surface area contributed by atoms with E-state index in [1.54, 1.807) is 19.2 Å². The molecule has 2 amide bonds. The van der Waals surface area contributed by atoms with Crippen molar-refractivity contribution in [3.05, 3.63) is 53.6 Å². The fourth-order valence-electron chi connectivity index (χ4n) is 2.52. The van der Waals surface area contributed by atoms with E-state index in [2.05, 4.69) is 5.32 Å². The molecule has 1 aliphatic heterocycles. The SMILES string of the molecule is CN(Cc1ccc2c(c1)OCCO2)C(=O)Nc1cccc(C(F)(F)F)c1. The van der Waals surface area contributed by atoms with Crippen molar-refractivity contribution in [2.45, 2.75) is 12.7 Å². The van der Waals surface area contributed by atoms with Crippen molar-refractivity contribution < 1.29 is 27.4 Å². The number of carbonyl (C=O) groups is 1. The lowest BCUT2D eigenvalue weighted by Crippen LogP contribution is -2.31. The molecule has 0 aromatic heterocycles. The van der Waals surface area contributed by atoms with Crippen LogP contribution in [0.4, 0.5) is 23.7 Å². The number of ether oxygens (including phenoxy) is 2. The van der Waals surface area contributed by atoms with E-state index in [4.69, 9.17) is 9.47 Å². The summed E-state index contributed by atoms with van der Waals surface area (Å²) >= 11 is 0. The summed E-state index contributed by atoms with van der Waals surface area (Å²) in [6.45, 7) is 1.22. The largest absolute Gasteiger partial charge is 0.486 e. The van der Waals surface area contributed by atoms with Gasteiger partial charge in [-0.25, -0.2) is 4.79 Å². The summed E-state index contributed by atoms with van der Waals surface area (Å²) in [7, 11) is 1.56. The number of benzene rings is 2. The molecule has 0 aliphatic carbocycles. The van der Waals surface area contributed by atoms with Crippen molar-refractivity contribution in [2.75, 3.05) is 25.6 Å². The Morgan fingerprint density at radius 3 is 2.58 bits per heavy atom. The quantitative estimate of drug-likeness (QED) is 0.888. The van der Waals surface area contributed by atoms with Crippen molar-refractivity contribution in [2.24, 2.45) is 0 Å². The normalized spacial score (nSPS) is 13.2. The maximum atomic E-state index is 12.7. The molecule has 0 atom stereocenters. The molecule has 26 heavy (non-hydrogen) atoms. The molecule has 3 rings (SSSR count). The summed E-state index contributed by atoms with van der Waals surface area (Å²) in [6, 6.07) is 9.35. The number of hydrogen-bond acceptors (Lipinski definition) is 3. The van der Waals surface area contributed by atoms with Gasteiger partial charge in [0.05, 0.1) is 5.56 Å². The average Bonchev–Trinajstić information content (AvgIpc) is 2.61. The Bertz CT molecular complexity index is 809. The third-order valence-electron chi connectivity index (χ3n) is 3.81. The highest BCUT2D eigenvalue weighted by Crippen LogP contribution is 2.32. The fraction of sp³-hybridized carbons (Fsp3) is 0.278. The molecule has 8 heteroatoms. The van der Waals surface area contributed by atoms with Crippen molar-refractivity contribution in [1.29, 1.82) is 0 Å². The lowest BCUT2D eigenvalue weighted by molar-refractivity contribution is -0.137. The van der Waals surface area contributed by atoms with Gasteiger partial charge in [-0.2, -0.15) is 13.2 Å². The van der Waals surface area contributed by atoms with Crippen molar-refractivity contribution in [1.82, 2.24) is 4.90 Å². The molecule has 5 nitrogen and oxygen atoms in total. The number of nitrogens with one attached hydrogen (secondary N) is 1. The zero-order valence-electron chi connectivity index (χ0n) is 14.0. The van der Waals surface area contributed by atoms with Gasteiger partial charge in [-0.3, -0.25) is 0 Å². The molecule has 0 spiro atoms. The lowest BCUT2D eigenvalue weighted by Gasteiger charge is -2.21. The first-order valence-corrected chi connectivity index (χ1v) is 7.91. The lowest BCUT2D eigenvalue weighted by atomic mass is 10.2. The molecule has 0 saturated heterocycles. The first-order chi connectivity index (χ1) is 12.3. The third kappa shape index (κ3) is 4.19. The monoisotopic (exact) mass is 366 g/mol. The Balaban J connectivity index is 1.65. The van der Waals surface area contributed by atoms with Gasteiger partial charge in [0.15, 0.2) is 11.5 Å². The molecule has 0 fully saturated rings. The number of anilines is 1. The zero-order valence-corrected chi connectivity index (χ0v) is 14.0. The van der Waals surface area contributed by atoms with Crippen LogP contribution in [0.25, 0.3) is 0 Å². The van der Waals surface area contributed by atoms with Crippen LogP contribution in [-0.2, 0) is 12.7 Å². The van der Waals surface area contributed by atoms with Crippen LogP contribution < -0.4 is 14.8 Å². The standard InChI is InChI=1S/C18H17F3N2O3/c1-23(11-12-5-6-15-16(9-12)26-8-7-25-15)17(24)22-14-4-2-3-13(10-14)18(19,20)21/h2-6,9-10H,7-8,11H2,1H3,(H,22,24). The number of rotatable bonds is 3. The number of amides is 2. The molecule has 1 heterocycles. The second-order valence-electron chi connectivity index (χ2n) is 5.84. The van der Waals surface area contributed by atoms with Crippen LogP contribution in [0.2, 0.25) is 0 Å². The predicted octanol–water partition coefficient (Wildman–Crippen LogP) is 4.14. The minimum Gasteiger partial charge on any atom is -0.486 e. The molecule has 2 aromatic rings. The number of nitrogens with zero attached hydrogens (tertiary/aromatic N) is 1. The molecule has 1 N–H and O–H groups in total. The van der Waals surface area contributed by atoms with Gasteiger partial charge >= 0.3 is 12.2 Å². The highest BCUT2D eigenvalue weighted by Gasteiger charge is 2.30. The zero-order chi connectivity index (χ0) is 18.7. The highest BCUT2D eigenvalue weighted by molar-refractivity contribution is 5.89. The van der Waals surface area contributed by atoms with Gasteiger partial charge in [0.25, 0.3) is 0 Å². The van der Waals surface area contributed by atoms with E-state index in [1.165, 1.54) is 17.0 Å². The van der Waals surface area contributed by atoms with Gasteiger partial charge in [0.1, 0.15) is 13.2 Å². The molecule has 0 saturated carbocycles. The van der Waals surface area contributed by atoms with Gasteiger partial charge in [-0.05, 0) is 35.9 Å². The van der Waals surface area contributed by atoms with Crippen molar-refractivity contribution in [3.63, 3.8) is 0 Å². The van der Waals surface area contributed by atoms with E-state index in [0.29, 0.717) is 24.7 Å². The van der Waals surface area contributed by atoms with Crippen LogP contribution >= 0.6 is 0 Å². The Morgan fingerprint density at radius 2 is 1.85 bits per heavy atom. The van der Waals surface area contributed by atoms with Gasteiger partial charge in [0.2, 0.25) is 0 Å². The summed E-state index contributed by atoms with van der Waals surface area (Å²) in [5.74, 6) is 1.26. The average molecular weight is 366 g/mol. The summed E-state index contributed by atoms with van der Waals surface area (Å²) < 4.78 is 49.2. The number of carbonyl (C=O) groups excluding carboxylic acids is 1. The summed E-state index contributed by atoms with van der Waals surface area (Å²) in [5.41, 5.74) is 0.0829. The number of hydrogen-bond donors (Lipinski definition) is 1. The summed E-state index contributed by atoms with van der Waals surface area (Å²) in [6.07, 6.45) is -4.46. The predicted molar refractivity (Wildman–Crippen MR) is 89.4 cm³/mol. The van der Waals surface area contributed by atoms with E-state index >= 15 is 0 Å². The third-order valence-corrected chi connectivity index (χ3v) is 3.81. The highest BCUT2D eigenvalue weighted by atomic mass is 19.4. The van der Waals surface area contributed by atoms with Crippen LogP contribution in [0.5, 0.6) is 11.5 Å². The summed E-state index contributed by atoms with van der Waals surface area (Å²) in [4.78, 5) is 13.6. The fourth-order valence-corrected chi connectivity index (χ4v) is 2.52. The van der Waals surface area contributed by atoms with Crippen molar-refractivity contribution in [3.8, 4) is 11.5 Å². The van der Waals surface area contributed by atoms with E-state index < -0.39 is 17.8 Å². The number of urea groups is 1. The molecule has 2 aromatic carbocycles. The van der Waals surface area contributed by atoms with E-state index in [1.807, 2.05) is 6.07 Å². The van der Waals surface area contributed by atoms with Crippen molar-refractivity contribution >= 4 is 11.7 Å². The van der Waals surface area contributed by atoms with E-state index in [9.17, 15) is 18.0 Å². The molecular formula is C18H17F3N2O3. The Kier molecular flexibility index (Phi) is 4.92. The molecule has 138 valence electrons. The minimum absolute atomic E-state index is 0.0823. The molecule has 0 bridgehead atoms. The topological polar surface area (TPSA) is 50.8 Å². The van der Waals surface area contributed by atoms with E-state index in [0.717, 1.165) is 17.7 Å².